The van der Waals surface area contributed by atoms with Crippen LogP contribution in [0, 0.1) is 0 Å². The van der Waals surface area contributed by atoms with Gasteiger partial charge >= 0.3 is 6.03 Å². The van der Waals surface area contributed by atoms with Gasteiger partial charge in [-0.15, -0.1) is 0 Å². The molecule has 1 aromatic carbocycles. The number of nitrogens with zero attached hydrogens (tertiary/aromatic N) is 2. The standard InChI is InChI=1S/C21H25ClN4O4/c22-14-5-6-15(18(28)25-10-3-4-11-25)16(13-14)23-17(27)7-12-26-19(29)21(24-20(26)30)8-1-2-9-21/h5-6,13H,1-4,7-12H2,(H,23,27)(H,24,30). The second-order valence-corrected chi connectivity index (χ2v) is 8.60. The molecule has 30 heavy (non-hydrogen) atoms. The van der Waals surface area contributed by atoms with Crippen LogP contribution in [0.4, 0.5) is 10.5 Å². The van der Waals surface area contributed by atoms with Crippen molar-refractivity contribution in [2.75, 3.05) is 25.0 Å². The van der Waals surface area contributed by atoms with E-state index in [1.165, 1.54) is 0 Å². The van der Waals surface area contributed by atoms with E-state index in [0.717, 1.165) is 30.6 Å². The summed E-state index contributed by atoms with van der Waals surface area (Å²) in [7, 11) is 0. The fourth-order valence-electron chi connectivity index (χ4n) is 4.52. The summed E-state index contributed by atoms with van der Waals surface area (Å²) in [5.41, 5.74) is -0.0565. The lowest BCUT2D eigenvalue weighted by Crippen LogP contribution is -2.44. The molecule has 0 radical (unpaired) electrons. The van der Waals surface area contributed by atoms with Gasteiger partial charge in [0, 0.05) is 31.1 Å². The van der Waals surface area contributed by atoms with Crippen LogP contribution >= 0.6 is 11.6 Å². The number of carbonyl (C=O) groups excluding carboxylic acids is 4. The van der Waals surface area contributed by atoms with Crippen molar-refractivity contribution in [2.45, 2.75) is 50.5 Å². The maximum atomic E-state index is 12.8. The number of urea groups is 1. The molecule has 2 saturated heterocycles. The number of anilines is 1. The highest BCUT2D eigenvalue weighted by atomic mass is 35.5. The molecule has 160 valence electrons. The molecular weight excluding hydrogens is 408 g/mol. The summed E-state index contributed by atoms with van der Waals surface area (Å²) >= 11 is 6.07. The molecule has 3 fully saturated rings. The summed E-state index contributed by atoms with van der Waals surface area (Å²) in [4.78, 5) is 53.2. The van der Waals surface area contributed by atoms with Crippen LogP contribution in [-0.4, -0.2) is 58.7 Å². The molecule has 5 amide bonds. The monoisotopic (exact) mass is 432 g/mol. The Hall–Kier alpha value is -2.61. The van der Waals surface area contributed by atoms with Crippen LogP contribution in [0.2, 0.25) is 5.02 Å². The van der Waals surface area contributed by atoms with Gasteiger partial charge in [-0.05, 0) is 43.9 Å². The number of imide groups is 1. The van der Waals surface area contributed by atoms with Crippen LogP contribution in [0.3, 0.4) is 0 Å². The lowest BCUT2D eigenvalue weighted by molar-refractivity contribution is -0.131. The number of benzene rings is 1. The van der Waals surface area contributed by atoms with Crippen molar-refractivity contribution in [3.05, 3.63) is 28.8 Å². The molecule has 1 aromatic rings. The van der Waals surface area contributed by atoms with Gasteiger partial charge in [-0.25, -0.2) is 4.79 Å². The van der Waals surface area contributed by atoms with Crippen LogP contribution in [0.15, 0.2) is 18.2 Å². The van der Waals surface area contributed by atoms with Crippen molar-refractivity contribution >= 4 is 41.0 Å². The van der Waals surface area contributed by atoms with Gasteiger partial charge in [-0.2, -0.15) is 0 Å². The third-order valence-electron chi connectivity index (χ3n) is 6.14. The van der Waals surface area contributed by atoms with Gasteiger partial charge in [-0.3, -0.25) is 19.3 Å². The molecule has 2 aliphatic heterocycles. The van der Waals surface area contributed by atoms with Crippen LogP contribution in [0.1, 0.15) is 55.3 Å². The third-order valence-corrected chi connectivity index (χ3v) is 6.38. The predicted octanol–water partition coefficient (Wildman–Crippen LogP) is 2.77. The summed E-state index contributed by atoms with van der Waals surface area (Å²) in [5, 5.41) is 5.94. The topological polar surface area (TPSA) is 98.8 Å². The first-order valence-electron chi connectivity index (χ1n) is 10.4. The molecule has 3 aliphatic rings. The fraction of sp³-hybridized carbons (Fsp3) is 0.524. The molecule has 0 unspecified atom stereocenters. The minimum atomic E-state index is -0.782. The number of nitrogens with one attached hydrogen (secondary N) is 2. The van der Waals surface area contributed by atoms with Crippen molar-refractivity contribution in [1.82, 2.24) is 15.1 Å². The highest BCUT2D eigenvalue weighted by Gasteiger charge is 2.52. The van der Waals surface area contributed by atoms with E-state index in [1.54, 1.807) is 23.1 Å². The second-order valence-electron chi connectivity index (χ2n) is 8.16. The quantitative estimate of drug-likeness (QED) is 0.699. The Labute approximate surface area is 179 Å². The smallest absolute Gasteiger partial charge is 0.325 e. The summed E-state index contributed by atoms with van der Waals surface area (Å²) in [6.45, 7) is 1.39. The summed E-state index contributed by atoms with van der Waals surface area (Å²) in [6, 6.07) is 4.33. The highest BCUT2D eigenvalue weighted by molar-refractivity contribution is 6.31. The molecule has 4 rings (SSSR count). The summed E-state index contributed by atoms with van der Waals surface area (Å²) in [6.07, 6.45) is 4.98. The number of carbonyl (C=O) groups is 4. The molecule has 2 N–H and O–H groups in total. The van der Waals surface area contributed by atoms with E-state index in [-0.39, 0.29) is 30.7 Å². The molecule has 0 bridgehead atoms. The van der Waals surface area contributed by atoms with E-state index in [4.69, 9.17) is 11.6 Å². The van der Waals surface area contributed by atoms with E-state index >= 15 is 0 Å². The van der Waals surface area contributed by atoms with Crippen LogP contribution in [-0.2, 0) is 9.59 Å². The van der Waals surface area contributed by atoms with Crippen LogP contribution < -0.4 is 10.6 Å². The number of hydrogen-bond acceptors (Lipinski definition) is 4. The van der Waals surface area contributed by atoms with E-state index in [0.29, 0.717) is 42.2 Å². The SMILES string of the molecule is O=C(CCN1C(=O)NC2(CCCC2)C1=O)Nc1cc(Cl)ccc1C(=O)N1CCCC1. The molecule has 8 nitrogen and oxygen atoms in total. The Kier molecular flexibility index (Phi) is 5.69. The number of rotatable bonds is 5. The van der Waals surface area contributed by atoms with Crippen molar-refractivity contribution < 1.29 is 19.2 Å². The van der Waals surface area contributed by atoms with Gasteiger partial charge in [0.15, 0.2) is 0 Å². The molecule has 1 saturated carbocycles. The largest absolute Gasteiger partial charge is 0.339 e. The first-order chi connectivity index (χ1) is 14.4. The molecular formula is C21H25ClN4O4. The molecule has 2 heterocycles. The van der Waals surface area contributed by atoms with Crippen molar-refractivity contribution in [1.29, 1.82) is 0 Å². The summed E-state index contributed by atoms with van der Waals surface area (Å²) in [5.74, 6) is -0.775. The van der Waals surface area contributed by atoms with E-state index in [2.05, 4.69) is 10.6 Å². The minimum Gasteiger partial charge on any atom is -0.339 e. The first kappa shape index (κ1) is 20.7. The molecule has 9 heteroatoms. The third kappa shape index (κ3) is 3.88. The number of amides is 5. The number of halogens is 1. The molecule has 1 spiro atoms. The van der Waals surface area contributed by atoms with Gasteiger partial charge in [-0.1, -0.05) is 24.4 Å². The van der Waals surface area contributed by atoms with Gasteiger partial charge in [0.05, 0.1) is 11.3 Å². The lowest BCUT2D eigenvalue weighted by Gasteiger charge is -2.20. The Morgan fingerprint density at radius 1 is 1.10 bits per heavy atom. The Morgan fingerprint density at radius 2 is 1.80 bits per heavy atom. The zero-order chi connectivity index (χ0) is 21.3. The Balaban J connectivity index is 1.41. The maximum absolute atomic E-state index is 12.8. The average molecular weight is 433 g/mol. The molecule has 0 aromatic heterocycles. The van der Waals surface area contributed by atoms with Crippen LogP contribution in [0.5, 0.6) is 0 Å². The highest BCUT2D eigenvalue weighted by Crippen LogP contribution is 2.35. The van der Waals surface area contributed by atoms with Crippen molar-refractivity contribution in [3.8, 4) is 0 Å². The van der Waals surface area contributed by atoms with Gasteiger partial charge in [0.2, 0.25) is 5.91 Å². The van der Waals surface area contributed by atoms with Gasteiger partial charge < -0.3 is 15.5 Å². The van der Waals surface area contributed by atoms with E-state index < -0.39 is 11.6 Å². The normalized spacial score (nSPS) is 20.2. The van der Waals surface area contributed by atoms with E-state index in [1.807, 2.05) is 0 Å². The Morgan fingerprint density at radius 3 is 2.50 bits per heavy atom. The maximum Gasteiger partial charge on any atom is 0.325 e. The van der Waals surface area contributed by atoms with Gasteiger partial charge in [0.25, 0.3) is 11.8 Å². The fourth-order valence-corrected chi connectivity index (χ4v) is 4.69. The zero-order valence-electron chi connectivity index (χ0n) is 16.7. The Bertz CT molecular complexity index is 891. The van der Waals surface area contributed by atoms with Crippen molar-refractivity contribution in [3.63, 3.8) is 0 Å². The van der Waals surface area contributed by atoms with E-state index in [9.17, 15) is 19.2 Å². The van der Waals surface area contributed by atoms with Gasteiger partial charge in [0.1, 0.15) is 5.54 Å². The predicted molar refractivity (Wildman–Crippen MR) is 111 cm³/mol. The van der Waals surface area contributed by atoms with Crippen LogP contribution in [0.25, 0.3) is 0 Å². The number of likely N-dealkylation sites (tertiary alicyclic amines) is 1. The minimum absolute atomic E-state index is 0.00573. The lowest BCUT2D eigenvalue weighted by atomic mass is 9.98. The first-order valence-corrected chi connectivity index (χ1v) is 10.8. The average Bonchev–Trinajstić information content (AvgIpc) is 3.44. The zero-order valence-corrected chi connectivity index (χ0v) is 17.5. The molecule has 0 atom stereocenters. The number of hydrogen-bond donors (Lipinski definition) is 2. The van der Waals surface area contributed by atoms with Crippen molar-refractivity contribution in [2.24, 2.45) is 0 Å². The second kappa shape index (κ2) is 8.26. The summed E-state index contributed by atoms with van der Waals surface area (Å²) < 4.78 is 0. The molecule has 1 aliphatic carbocycles.